The zero-order chi connectivity index (χ0) is 37.2. The van der Waals surface area contributed by atoms with Gasteiger partial charge in [0.15, 0.2) is 6.61 Å². The van der Waals surface area contributed by atoms with E-state index in [1.165, 1.54) is 11.0 Å². The van der Waals surface area contributed by atoms with Gasteiger partial charge in [-0.25, -0.2) is 9.78 Å². The molecule has 5 amide bonds. The fourth-order valence-corrected chi connectivity index (χ4v) is 7.00. The summed E-state index contributed by atoms with van der Waals surface area (Å²) in [6.07, 6.45) is 4.81. The average Bonchev–Trinajstić information content (AvgIpc) is 3.85. The van der Waals surface area contributed by atoms with Gasteiger partial charge < -0.3 is 39.5 Å². The van der Waals surface area contributed by atoms with Crippen molar-refractivity contribution in [1.82, 2.24) is 30.3 Å². The number of piperazine rings is 1. The molecule has 2 aliphatic heterocycles. The summed E-state index contributed by atoms with van der Waals surface area (Å²) in [5.74, 6) is -1.79. The van der Waals surface area contributed by atoms with Crippen molar-refractivity contribution in [2.24, 2.45) is 0 Å². The van der Waals surface area contributed by atoms with E-state index in [4.69, 9.17) is 14.2 Å². The number of benzene rings is 1. The maximum Gasteiger partial charge on any atom is 0.409 e. The third-order valence-corrected chi connectivity index (χ3v) is 9.75. The molecule has 1 aromatic carbocycles. The van der Waals surface area contributed by atoms with E-state index in [-0.39, 0.29) is 88.1 Å². The second kappa shape index (κ2) is 18.0. The molecule has 15 nitrogen and oxygen atoms in total. The molecule has 2 atom stereocenters. The van der Waals surface area contributed by atoms with Crippen molar-refractivity contribution >= 4 is 46.6 Å². The van der Waals surface area contributed by atoms with E-state index in [9.17, 15) is 28.8 Å². The largest absolute Gasteiger partial charge is 0.483 e. The second-order valence-corrected chi connectivity index (χ2v) is 13.4. The molecular weight excluding hydrogens is 672 g/mol. The van der Waals surface area contributed by atoms with Crippen molar-refractivity contribution in [3.63, 3.8) is 0 Å². The fraction of sp³-hybridized carbons (Fsp3) is 0.595. The maximum absolute atomic E-state index is 13.8. The van der Waals surface area contributed by atoms with Gasteiger partial charge in [-0.2, -0.15) is 0 Å². The Labute approximate surface area is 303 Å². The molecule has 0 unspecified atom stereocenters. The van der Waals surface area contributed by atoms with E-state index < -0.39 is 36.0 Å². The molecule has 1 aliphatic carbocycles. The van der Waals surface area contributed by atoms with E-state index in [0.29, 0.717) is 30.3 Å². The smallest absolute Gasteiger partial charge is 0.409 e. The number of carbonyl (C=O) groups excluding carboxylic acids is 6. The summed E-state index contributed by atoms with van der Waals surface area (Å²) in [6.45, 7) is 6.78. The summed E-state index contributed by atoms with van der Waals surface area (Å²) in [6, 6.07) is 5.40. The van der Waals surface area contributed by atoms with Crippen LogP contribution in [0.2, 0.25) is 0 Å². The minimum Gasteiger partial charge on any atom is -0.483 e. The summed E-state index contributed by atoms with van der Waals surface area (Å²) >= 11 is 0. The van der Waals surface area contributed by atoms with Crippen LogP contribution in [0.4, 0.5) is 4.79 Å². The molecule has 15 heteroatoms. The van der Waals surface area contributed by atoms with Crippen LogP contribution in [-0.2, 0) is 28.7 Å². The van der Waals surface area contributed by atoms with Crippen LogP contribution in [0, 0.1) is 6.92 Å². The van der Waals surface area contributed by atoms with Crippen molar-refractivity contribution in [3.8, 4) is 5.75 Å². The highest BCUT2D eigenvalue weighted by Crippen LogP contribution is 2.28. The predicted octanol–water partition coefficient (Wildman–Crippen LogP) is 2.71. The molecule has 0 spiro atoms. The third-order valence-electron chi connectivity index (χ3n) is 9.75. The summed E-state index contributed by atoms with van der Waals surface area (Å²) in [5.41, 5.74) is 1.29. The Balaban J connectivity index is 1.30. The summed E-state index contributed by atoms with van der Waals surface area (Å²) < 4.78 is 16.2. The van der Waals surface area contributed by atoms with Gasteiger partial charge in [-0.1, -0.05) is 18.9 Å². The predicted molar refractivity (Wildman–Crippen MR) is 189 cm³/mol. The fourth-order valence-electron chi connectivity index (χ4n) is 7.00. The number of ether oxygens (including phenoxy) is 3. The molecule has 282 valence electrons. The molecule has 3 fully saturated rings. The number of nitrogens with one attached hydrogen (secondary N) is 2. The first-order chi connectivity index (χ1) is 25.1. The van der Waals surface area contributed by atoms with Crippen molar-refractivity contribution < 1.29 is 43.0 Å². The number of nitrogens with zero attached hydrogens (tertiary/aromatic N) is 4. The highest BCUT2D eigenvalue weighted by atomic mass is 16.6. The first-order valence-corrected chi connectivity index (χ1v) is 18.4. The number of aromatic nitrogens is 1. The Morgan fingerprint density at radius 3 is 2.31 bits per heavy atom. The van der Waals surface area contributed by atoms with Gasteiger partial charge in [0.05, 0.1) is 18.7 Å². The molecule has 5 rings (SSSR count). The molecule has 3 aliphatic rings. The number of hydrogen-bond acceptors (Lipinski definition) is 10. The highest BCUT2D eigenvalue weighted by Gasteiger charge is 2.36. The molecule has 0 bridgehead atoms. The molecule has 1 saturated carbocycles. The molecule has 2 aromatic rings. The van der Waals surface area contributed by atoms with E-state index in [1.807, 2.05) is 13.0 Å². The first kappa shape index (κ1) is 38.3. The summed E-state index contributed by atoms with van der Waals surface area (Å²) in [7, 11) is 0. The van der Waals surface area contributed by atoms with Crippen LogP contribution >= 0.6 is 0 Å². The van der Waals surface area contributed by atoms with Gasteiger partial charge in [0.2, 0.25) is 11.8 Å². The number of carbonyl (C=O) groups is 6. The van der Waals surface area contributed by atoms with E-state index >= 15 is 0 Å². The third kappa shape index (κ3) is 9.68. The Bertz CT molecular complexity index is 1640. The van der Waals surface area contributed by atoms with E-state index in [2.05, 4.69) is 15.6 Å². The maximum atomic E-state index is 13.8. The standard InChI is InChI=1S/C37H50N6O9/c1-4-50-33(45)15-14-27(36(48)41-17-19-42(20-18-41)37(49)51-5-2)40-34(46)29-22-31(26-13-12-24(3)21-28(26)39-29)52-23-32(44)43-16-8-11-30(43)35(47)38-25-9-6-7-10-25/h12-13,21-22,25,27,30H,4-11,14-20,23H2,1-3H3,(H,38,47)(H,40,46)/t27-,30-/m0/s1. The van der Waals surface area contributed by atoms with Gasteiger partial charge in [0.25, 0.3) is 11.8 Å². The second-order valence-electron chi connectivity index (χ2n) is 13.4. The monoisotopic (exact) mass is 722 g/mol. The quantitative estimate of drug-likeness (QED) is 0.293. The van der Waals surface area contributed by atoms with Crippen LogP contribution in [0.1, 0.15) is 81.3 Å². The first-order valence-electron chi connectivity index (χ1n) is 18.4. The van der Waals surface area contributed by atoms with Crippen LogP contribution < -0.4 is 15.4 Å². The van der Waals surface area contributed by atoms with Crippen LogP contribution in [0.5, 0.6) is 5.75 Å². The van der Waals surface area contributed by atoms with Crippen molar-refractivity contribution in [2.45, 2.75) is 90.3 Å². The van der Waals surface area contributed by atoms with Gasteiger partial charge in [0.1, 0.15) is 23.5 Å². The molecule has 2 saturated heterocycles. The van der Waals surface area contributed by atoms with Crippen molar-refractivity contribution in [2.75, 3.05) is 52.5 Å². The number of likely N-dealkylation sites (tertiary alicyclic amines) is 1. The number of pyridine rings is 1. The molecule has 1 aromatic heterocycles. The normalized spacial score (nSPS) is 18.2. The van der Waals surface area contributed by atoms with Crippen LogP contribution in [0.3, 0.4) is 0 Å². The van der Waals surface area contributed by atoms with Gasteiger partial charge in [-0.15, -0.1) is 0 Å². The van der Waals surface area contributed by atoms with Crippen molar-refractivity contribution in [1.29, 1.82) is 0 Å². The van der Waals surface area contributed by atoms with Gasteiger partial charge in [-0.3, -0.25) is 24.0 Å². The Morgan fingerprint density at radius 1 is 0.885 bits per heavy atom. The Kier molecular flexibility index (Phi) is 13.3. The SMILES string of the molecule is CCOC(=O)CC[C@H](NC(=O)c1cc(OCC(=O)N2CCC[C@H]2C(=O)NC2CCCC2)c2ccc(C)cc2n1)C(=O)N1CCN(C(=O)OCC)CC1. The summed E-state index contributed by atoms with van der Waals surface area (Å²) in [4.78, 5) is 87.7. The lowest BCUT2D eigenvalue weighted by Gasteiger charge is -2.36. The minimum absolute atomic E-state index is 0.0165. The molecule has 2 N–H and O–H groups in total. The van der Waals surface area contributed by atoms with Crippen LogP contribution in [0.15, 0.2) is 24.3 Å². The number of esters is 1. The lowest BCUT2D eigenvalue weighted by atomic mass is 10.1. The summed E-state index contributed by atoms with van der Waals surface area (Å²) in [5, 5.41) is 6.46. The van der Waals surface area contributed by atoms with E-state index in [0.717, 1.165) is 31.2 Å². The number of amides is 5. The molecule has 0 radical (unpaired) electrons. The van der Waals surface area contributed by atoms with Gasteiger partial charge in [0, 0.05) is 56.6 Å². The Morgan fingerprint density at radius 2 is 1.60 bits per heavy atom. The zero-order valence-electron chi connectivity index (χ0n) is 30.3. The van der Waals surface area contributed by atoms with Gasteiger partial charge in [-0.05, 0) is 70.6 Å². The topological polar surface area (TPSA) is 177 Å². The van der Waals surface area contributed by atoms with Crippen LogP contribution in [-0.4, -0.2) is 126 Å². The Hall–Kier alpha value is -4.95. The number of hydrogen-bond donors (Lipinski definition) is 2. The average molecular weight is 723 g/mol. The minimum atomic E-state index is -1.09. The zero-order valence-corrected chi connectivity index (χ0v) is 30.3. The highest BCUT2D eigenvalue weighted by molar-refractivity contribution is 5.99. The number of fused-ring (bicyclic) bond motifs is 1. The number of aryl methyl sites for hydroxylation is 1. The molecule has 52 heavy (non-hydrogen) atoms. The molecular formula is C37H50N6O9. The van der Waals surface area contributed by atoms with Gasteiger partial charge >= 0.3 is 12.1 Å². The molecule has 3 heterocycles. The lowest BCUT2D eigenvalue weighted by Crippen LogP contribution is -2.56. The number of rotatable bonds is 13. The van der Waals surface area contributed by atoms with Crippen LogP contribution in [0.25, 0.3) is 10.9 Å². The van der Waals surface area contributed by atoms with Crippen molar-refractivity contribution in [3.05, 3.63) is 35.5 Å². The van der Waals surface area contributed by atoms with E-state index in [1.54, 1.807) is 35.8 Å². The lowest BCUT2D eigenvalue weighted by molar-refractivity contribution is -0.143.